The number of carbonyl (C=O) groups excluding carboxylic acids is 4. The molecule has 0 unspecified atom stereocenters. The number of esters is 2. The first-order valence-electron chi connectivity index (χ1n) is 22.9. The van der Waals surface area contributed by atoms with Crippen LogP contribution in [0.5, 0.6) is 11.5 Å². The van der Waals surface area contributed by atoms with Gasteiger partial charge in [0.25, 0.3) is 11.8 Å². The number of fused-ring (bicyclic) bond motifs is 2. The van der Waals surface area contributed by atoms with Crippen molar-refractivity contribution in [3.63, 3.8) is 0 Å². The van der Waals surface area contributed by atoms with Gasteiger partial charge in [-0.05, 0) is 149 Å². The smallest absolute Gasteiger partial charge is 0.488 e. The van der Waals surface area contributed by atoms with Crippen molar-refractivity contribution in [1.82, 2.24) is 19.1 Å². The molecule has 0 saturated heterocycles. The van der Waals surface area contributed by atoms with Crippen molar-refractivity contribution < 1.29 is 48.2 Å². The molecule has 0 spiro atoms. The summed E-state index contributed by atoms with van der Waals surface area (Å²) in [7, 11) is 1.28. The second-order valence-electron chi connectivity index (χ2n) is 16.6. The number of rotatable bonds is 12. The summed E-state index contributed by atoms with van der Waals surface area (Å²) in [6.45, 7) is 6.32. The van der Waals surface area contributed by atoms with E-state index < -0.39 is 19.1 Å². The average molecular weight is 1120 g/mol. The third kappa shape index (κ3) is 14.2. The van der Waals surface area contributed by atoms with Gasteiger partial charge in [-0.25, -0.2) is 19.6 Å². The summed E-state index contributed by atoms with van der Waals surface area (Å²) >= 11 is 9.98. The molecule has 0 aliphatic carbocycles. The van der Waals surface area contributed by atoms with Gasteiger partial charge in [0.15, 0.2) is 3.92 Å². The van der Waals surface area contributed by atoms with Crippen LogP contribution in [0.2, 0.25) is 0 Å². The Morgan fingerprint density at radius 1 is 0.676 bits per heavy atom. The molecule has 382 valence electrons. The molecular formula is C53H52BBrN6O10S3. The second kappa shape index (κ2) is 25.8. The van der Waals surface area contributed by atoms with Crippen molar-refractivity contribution in [2.24, 2.45) is 0 Å². The van der Waals surface area contributed by atoms with Crippen LogP contribution in [-0.2, 0) is 35.4 Å². The molecule has 8 aromatic rings. The molecule has 4 N–H and O–H groups in total. The highest BCUT2D eigenvalue weighted by molar-refractivity contribution is 9.11. The van der Waals surface area contributed by atoms with Gasteiger partial charge >= 0.3 is 19.1 Å². The van der Waals surface area contributed by atoms with Gasteiger partial charge in [0.2, 0.25) is 0 Å². The van der Waals surface area contributed by atoms with E-state index >= 15 is 0 Å². The van der Waals surface area contributed by atoms with Crippen LogP contribution in [0.1, 0.15) is 75.3 Å². The minimum absolute atomic E-state index is 0.224. The third-order valence-electron chi connectivity index (χ3n) is 11.3. The summed E-state index contributed by atoms with van der Waals surface area (Å²) in [5, 5.41) is 28.4. The van der Waals surface area contributed by atoms with Crippen LogP contribution in [0.3, 0.4) is 0 Å². The Balaban J connectivity index is 0.000000176. The molecule has 0 radical (unpaired) electrons. The molecule has 6 heterocycles. The fraction of sp³-hybridized carbons (Fsp3) is 0.208. The summed E-state index contributed by atoms with van der Waals surface area (Å²) in [6.07, 6.45) is 7.34. The van der Waals surface area contributed by atoms with Crippen LogP contribution in [-0.4, -0.2) is 93.7 Å². The lowest BCUT2D eigenvalue weighted by molar-refractivity contribution is 0.0592. The fourth-order valence-electron chi connectivity index (χ4n) is 7.86. The van der Waals surface area contributed by atoms with Crippen molar-refractivity contribution >= 4 is 98.9 Å². The maximum absolute atomic E-state index is 13.0. The predicted molar refractivity (Wildman–Crippen MR) is 295 cm³/mol. The molecule has 4 aromatic carbocycles. The number of halogens is 1. The molecule has 10 rings (SSSR count). The van der Waals surface area contributed by atoms with E-state index in [2.05, 4.69) is 55.0 Å². The third-order valence-corrected chi connectivity index (χ3v) is 13.7. The zero-order valence-electron chi connectivity index (χ0n) is 41.0. The Morgan fingerprint density at radius 2 is 1.15 bits per heavy atom. The van der Waals surface area contributed by atoms with Gasteiger partial charge < -0.3 is 48.8 Å². The number of nitrogens with zero attached hydrogens (tertiary/aromatic N) is 4. The average Bonchev–Trinajstić information content (AvgIpc) is 4.30. The molecule has 2 amide bonds. The van der Waals surface area contributed by atoms with Crippen LogP contribution < -0.4 is 25.6 Å². The zero-order chi connectivity index (χ0) is 52.9. The van der Waals surface area contributed by atoms with Crippen molar-refractivity contribution in [3.8, 4) is 22.1 Å². The van der Waals surface area contributed by atoms with Crippen LogP contribution in [0.25, 0.3) is 10.6 Å². The van der Waals surface area contributed by atoms with E-state index in [1.165, 1.54) is 31.1 Å². The number of aromatic nitrogens is 4. The number of hydrogen-bond acceptors (Lipinski definition) is 15. The molecule has 0 saturated carbocycles. The van der Waals surface area contributed by atoms with Crippen molar-refractivity contribution in [3.05, 3.63) is 180 Å². The first-order valence-corrected chi connectivity index (χ1v) is 26.4. The Hall–Kier alpha value is -7.01. The van der Waals surface area contributed by atoms with Gasteiger partial charge in [-0.3, -0.25) is 9.59 Å². The van der Waals surface area contributed by atoms with Gasteiger partial charge in [-0.2, -0.15) is 12.6 Å². The number of thiol groups is 1. The molecular weight excluding hydrogens is 1070 g/mol. The number of methoxy groups -OCH3 is 2. The molecule has 2 aliphatic rings. The first-order chi connectivity index (χ1) is 35.7. The lowest BCUT2D eigenvalue weighted by Crippen LogP contribution is -2.29. The molecule has 2 aliphatic heterocycles. The van der Waals surface area contributed by atoms with E-state index in [4.69, 9.17) is 29.2 Å². The number of anilines is 2. The van der Waals surface area contributed by atoms with Gasteiger partial charge in [0, 0.05) is 52.9 Å². The summed E-state index contributed by atoms with van der Waals surface area (Å²) < 4.78 is 24.8. The minimum Gasteiger partial charge on any atom is -0.493 e. The number of nitrogens with one attached hydrogen (secondary N) is 2. The van der Waals surface area contributed by atoms with E-state index in [0.717, 1.165) is 73.5 Å². The highest BCUT2D eigenvalue weighted by Gasteiger charge is 2.20. The van der Waals surface area contributed by atoms with Gasteiger partial charge in [0.1, 0.15) is 27.9 Å². The fourth-order valence-corrected chi connectivity index (χ4v) is 9.71. The summed E-state index contributed by atoms with van der Waals surface area (Å²) in [5.41, 5.74) is 10.8. The predicted octanol–water partition coefficient (Wildman–Crippen LogP) is 8.89. The van der Waals surface area contributed by atoms with Gasteiger partial charge in [-0.1, -0.05) is 12.1 Å². The molecule has 0 fully saturated rings. The number of carbonyl (C=O) groups is 4. The Morgan fingerprint density at radius 3 is 1.62 bits per heavy atom. The number of benzene rings is 4. The van der Waals surface area contributed by atoms with Crippen LogP contribution in [0, 0.1) is 13.8 Å². The number of thiazole rings is 2. The molecule has 0 bridgehead atoms. The van der Waals surface area contributed by atoms with E-state index in [1.54, 1.807) is 84.3 Å². The standard InChI is InChI=1S/C26H23N3O4S.C18H16BrN3O3S.C8H9BO3.CH4S/c1-16-11-22(24(30)27-20-6-3-17(4-7-20)26(31)32-2)29(13-16)14-21-15-34-25(28-21)19-5-8-23-18(12-19)9-10-33-23;1-11-7-15(22(8-11)9-14-10-26-18(19)21-14)16(23)20-13-5-3-12(4-6-13)17(24)25-2;10-9(11)7-1-2-8-6(5-7)3-4-12-8;1-2/h3-8,11-13,15H,9-10,14H2,1-2H3,(H,27,30);3-8,10H,9H2,1-2H3,(H,20,23);1-2,5,10-11H,3-4H2;2H,1H3. The summed E-state index contributed by atoms with van der Waals surface area (Å²) in [5.74, 6) is 0.532. The Labute approximate surface area is 450 Å². The van der Waals surface area contributed by atoms with E-state index in [9.17, 15) is 19.2 Å². The lowest BCUT2D eigenvalue weighted by Gasteiger charge is -2.09. The minimum atomic E-state index is -1.38. The quantitative estimate of drug-likeness (QED) is 0.0442. The summed E-state index contributed by atoms with van der Waals surface area (Å²) in [6, 6.07) is 28.2. The molecule has 21 heteroatoms. The van der Waals surface area contributed by atoms with Gasteiger partial charge in [0.05, 0.1) is 63.0 Å². The molecule has 16 nitrogen and oxygen atoms in total. The van der Waals surface area contributed by atoms with Crippen LogP contribution >= 0.6 is 51.2 Å². The lowest BCUT2D eigenvalue weighted by atomic mass is 9.79. The normalized spacial score (nSPS) is 11.6. The highest BCUT2D eigenvalue weighted by Crippen LogP contribution is 2.32. The van der Waals surface area contributed by atoms with E-state index in [1.807, 2.05) is 70.4 Å². The monoisotopic (exact) mass is 1120 g/mol. The number of aryl methyl sites for hydroxylation is 2. The largest absolute Gasteiger partial charge is 0.493 e. The second-order valence-corrected chi connectivity index (χ2v) is 19.6. The Kier molecular flexibility index (Phi) is 19.1. The maximum atomic E-state index is 13.0. The van der Waals surface area contributed by atoms with Crippen LogP contribution in [0.15, 0.2) is 124 Å². The molecule has 74 heavy (non-hydrogen) atoms. The first kappa shape index (κ1) is 54.8. The van der Waals surface area contributed by atoms with Crippen molar-refractivity contribution in [1.29, 1.82) is 0 Å². The zero-order valence-corrected chi connectivity index (χ0v) is 45.1. The Bertz CT molecular complexity index is 3240. The number of hydrogen-bond donors (Lipinski definition) is 5. The van der Waals surface area contributed by atoms with E-state index in [0.29, 0.717) is 59.0 Å². The summed E-state index contributed by atoms with van der Waals surface area (Å²) in [4.78, 5) is 57.9. The highest BCUT2D eigenvalue weighted by atomic mass is 79.9. The maximum Gasteiger partial charge on any atom is 0.488 e. The molecule has 0 atom stereocenters. The number of amides is 2. The SMILES string of the molecule is COC(=O)c1ccc(NC(=O)c2cc(C)cn2Cc2csc(-c3ccc4c(c3)CCO4)n2)cc1.COC(=O)c1ccc(NC(=O)c2cc(C)cn2Cc2csc(Br)n2)cc1.CS.OB(O)c1ccc2c(c1)CCO2. The van der Waals surface area contributed by atoms with Crippen LogP contribution in [0.4, 0.5) is 11.4 Å². The topological polar surface area (TPSA) is 205 Å². The van der Waals surface area contributed by atoms with Gasteiger partial charge in [-0.15, -0.1) is 22.7 Å². The number of ether oxygens (including phenoxy) is 4. The van der Waals surface area contributed by atoms with Crippen molar-refractivity contribution in [2.45, 2.75) is 39.8 Å². The van der Waals surface area contributed by atoms with E-state index in [-0.39, 0.29) is 11.8 Å². The molecule has 4 aromatic heterocycles. The van der Waals surface area contributed by atoms with Crippen molar-refractivity contribution in [2.75, 3.05) is 44.3 Å².